The van der Waals surface area contributed by atoms with E-state index in [0.29, 0.717) is 0 Å². The average molecular weight is 715 g/mol. The maximum absolute atomic E-state index is 4.51. The summed E-state index contributed by atoms with van der Waals surface area (Å²) in [5, 5.41) is 7.31. The van der Waals surface area contributed by atoms with Crippen molar-refractivity contribution in [1.29, 1.82) is 0 Å². The molecule has 0 atom stereocenters. The minimum Gasteiger partial charge on any atom is -0.309 e. The van der Waals surface area contributed by atoms with Crippen LogP contribution in [0.3, 0.4) is 0 Å². The zero-order valence-electron chi connectivity index (χ0n) is 30.9. The van der Waals surface area contributed by atoms with Crippen LogP contribution in [0, 0.1) is 0 Å². The maximum atomic E-state index is 4.51. The monoisotopic (exact) mass is 714 g/mol. The number of hydrogen-bond donors (Lipinski definition) is 0. The molecule has 0 aliphatic rings. The highest BCUT2D eigenvalue weighted by Gasteiger charge is 2.19. The van der Waals surface area contributed by atoms with Crippen LogP contribution < -0.4 is 0 Å². The first-order valence-electron chi connectivity index (χ1n) is 19.1. The van der Waals surface area contributed by atoms with Crippen molar-refractivity contribution in [1.82, 2.24) is 9.13 Å². The number of rotatable bonds is 8. The number of benzene rings is 8. The molecule has 264 valence electrons. The normalized spacial score (nSPS) is 11.6. The van der Waals surface area contributed by atoms with E-state index in [1.165, 1.54) is 54.7 Å². The Morgan fingerprint density at radius 3 is 1.52 bits per heavy atom. The predicted molar refractivity (Wildman–Crippen MR) is 240 cm³/mol. The van der Waals surface area contributed by atoms with Gasteiger partial charge in [0.15, 0.2) is 0 Å². The minimum atomic E-state index is 0.917. The molecule has 8 aromatic carbocycles. The Hall–Kier alpha value is -7.42. The second-order valence-electron chi connectivity index (χ2n) is 14.3. The van der Waals surface area contributed by atoms with Crippen molar-refractivity contribution < 1.29 is 0 Å². The third-order valence-corrected chi connectivity index (χ3v) is 11.0. The lowest BCUT2D eigenvalue weighted by Gasteiger charge is -2.14. The first-order valence-corrected chi connectivity index (χ1v) is 19.1. The topological polar surface area (TPSA) is 9.86 Å². The standard InChI is InChI=1S/C54H38N2/c1-3-4-14-37(2)51-33-43-35-54-44(36-53(43)55(51)45-29-25-40(26-30-45)49-23-12-19-38-15-8-10-21-47(38)49)34-52(42-17-6-5-7-18-42)56(54)46-31-27-41(28-32-46)50-24-13-20-39-16-9-11-22-48(39)50/h3-36H,1-2H2. The fourth-order valence-electron chi connectivity index (χ4n) is 8.33. The van der Waals surface area contributed by atoms with Gasteiger partial charge in [-0.3, -0.25) is 0 Å². The summed E-state index contributed by atoms with van der Waals surface area (Å²) >= 11 is 0. The van der Waals surface area contributed by atoms with Crippen LogP contribution in [0.1, 0.15) is 5.69 Å². The van der Waals surface area contributed by atoms with Crippen molar-refractivity contribution in [2.75, 3.05) is 0 Å². The SMILES string of the molecule is C=CC=CC(=C)c1cc2cc3c(cc(-c4ccccc4)n3-c3ccc(-c4cccc5ccccc45)cc3)cc2n1-c1ccc(-c2cccc3ccccc23)cc1. The molecule has 0 amide bonds. The summed E-state index contributed by atoms with van der Waals surface area (Å²) in [6.45, 7) is 8.42. The van der Waals surface area contributed by atoms with Gasteiger partial charge in [-0.15, -0.1) is 0 Å². The number of nitrogens with zero attached hydrogens (tertiary/aromatic N) is 2. The fraction of sp³-hybridized carbons (Fsp3) is 0. The van der Waals surface area contributed by atoms with E-state index in [9.17, 15) is 0 Å². The molecule has 2 heteroatoms. The van der Waals surface area contributed by atoms with Gasteiger partial charge in [0.25, 0.3) is 0 Å². The Labute approximate surface area is 326 Å². The van der Waals surface area contributed by atoms with Crippen LogP contribution in [-0.4, -0.2) is 9.13 Å². The van der Waals surface area contributed by atoms with Gasteiger partial charge >= 0.3 is 0 Å². The summed E-state index contributed by atoms with van der Waals surface area (Å²) in [7, 11) is 0. The maximum Gasteiger partial charge on any atom is 0.0542 e. The molecule has 0 saturated carbocycles. The van der Waals surface area contributed by atoms with E-state index in [2.05, 4.69) is 210 Å². The molecule has 0 radical (unpaired) electrons. The highest BCUT2D eigenvalue weighted by molar-refractivity contribution is 6.03. The molecule has 56 heavy (non-hydrogen) atoms. The molecular weight excluding hydrogens is 677 g/mol. The smallest absolute Gasteiger partial charge is 0.0542 e. The van der Waals surface area contributed by atoms with Gasteiger partial charge in [0, 0.05) is 22.1 Å². The van der Waals surface area contributed by atoms with Crippen molar-refractivity contribution in [3.8, 4) is 44.9 Å². The summed E-state index contributed by atoms with van der Waals surface area (Å²) in [5.74, 6) is 0. The van der Waals surface area contributed by atoms with Gasteiger partial charge in [-0.05, 0) is 103 Å². The Morgan fingerprint density at radius 2 is 0.929 bits per heavy atom. The summed E-state index contributed by atoms with van der Waals surface area (Å²) in [6.07, 6.45) is 5.78. The Bertz CT molecular complexity index is 3120. The largest absolute Gasteiger partial charge is 0.309 e. The van der Waals surface area contributed by atoms with Crippen molar-refractivity contribution >= 4 is 48.9 Å². The van der Waals surface area contributed by atoms with E-state index in [1.807, 2.05) is 12.2 Å². The third-order valence-electron chi connectivity index (χ3n) is 11.0. The average Bonchev–Trinajstić information content (AvgIpc) is 3.83. The lowest BCUT2D eigenvalue weighted by molar-refractivity contribution is 1.10. The molecule has 0 fully saturated rings. The van der Waals surface area contributed by atoms with Crippen LogP contribution >= 0.6 is 0 Å². The van der Waals surface area contributed by atoms with Gasteiger partial charge in [0.2, 0.25) is 0 Å². The van der Waals surface area contributed by atoms with Crippen LogP contribution in [0.4, 0.5) is 0 Å². The van der Waals surface area contributed by atoms with Crippen molar-refractivity contribution in [3.05, 3.63) is 225 Å². The number of fused-ring (bicyclic) bond motifs is 4. The lowest BCUT2D eigenvalue weighted by Crippen LogP contribution is -1.99. The third kappa shape index (κ3) is 5.68. The second-order valence-corrected chi connectivity index (χ2v) is 14.3. The Kier molecular flexibility index (Phi) is 8.16. The van der Waals surface area contributed by atoms with E-state index in [0.717, 1.165) is 44.8 Å². The van der Waals surface area contributed by atoms with E-state index < -0.39 is 0 Å². The minimum absolute atomic E-state index is 0.917. The summed E-state index contributed by atoms with van der Waals surface area (Å²) in [6, 6.07) is 68.1. The number of aromatic nitrogens is 2. The van der Waals surface area contributed by atoms with E-state index in [1.54, 1.807) is 6.08 Å². The molecule has 0 bridgehead atoms. The molecular formula is C54H38N2. The van der Waals surface area contributed by atoms with E-state index in [4.69, 9.17) is 0 Å². The molecule has 2 aromatic heterocycles. The van der Waals surface area contributed by atoms with E-state index in [-0.39, 0.29) is 0 Å². The zero-order valence-corrected chi connectivity index (χ0v) is 30.9. The highest BCUT2D eigenvalue weighted by Crippen LogP contribution is 2.39. The molecule has 10 rings (SSSR count). The molecule has 0 aliphatic heterocycles. The van der Waals surface area contributed by atoms with Gasteiger partial charge in [0.05, 0.1) is 22.4 Å². The van der Waals surface area contributed by atoms with Gasteiger partial charge in [-0.2, -0.15) is 0 Å². The molecule has 0 aliphatic carbocycles. The van der Waals surface area contributed by atoms with Crippen LogP contribution in [0.2, 0.25) is 0 Å². The highest BCUT2D eigenvalue weighted by atomic mass is 15.0. The molecule has 2 heterocycles. The number of hydrogen-bond acceptors (Lipinski definition) is 0. The Balaban J connectivity index is 1.14. The predicted octanol–water partition coefficient (Wildman–Crippen LogP) is 14.6. The molecule has 10 aromatic rings. The summed E-state index contributed by atoms with van der Waals surface area (Å²) in [5.41, 5.74) is 13.6. The summed E-state index contributed by atoms with van der Waals surface area (Å²) < 4.78 is 4.75. The molecule has 2 nitrogen and oxygen atoms in total. The van der Waals surface area contributed by atoms with E-state index >= 15 is 0 Å². The summed E-state index contributed by atoms with van der Waals surface area (Å²) in [4.78, 5) is 0. The Morgan fingerprint density at radius 1 is 0.429 bits per heavy atom. The van der Waals surface area contributed by atoms with Crippen LogP contribution in [-0.2, 0) is 0 Å². The van der Waals surface area contributed by atoms with Crippen molar-refractivity contribution in [2.45, 2.75) is 0 Å². The van der Waals surface area contributed by atoms with Gasteiger partial charge in [-0.1, -0.05) is 171 Å². The molecule has 0 saturated heterocycles. The van der Waals surface area contributed by atoms with Crippen LogP contribution in [0.5, 0.6) is 0 Å². The zero-order chi connectivity index (χ0) is 37.6. The molecule has 0 N–H and O–H groups in total. The van der Waals surface area contributed by atoms with Gasteiger partial charge in [-0.25, -0.2) is 0 Å². The van der Waals surface area contributed by atoms with Crippen LogP contribution in [0.25, 0.3) is 93.8 Å². The fourth-order valence-corrected chi connectivity index (χ4v) is 8.33. The van der Waals surface area contributed by atoms with Crippen LogP contribution in [0.15, 0.2) is 219 Å². The first-order chi connectivity index (χ1) is 27.6. The second kappa shape index (κ2) is 13.8. The molecule has 0 unspecified atom stereocenters. The quantitative estimate of drug-likeness (QED) is 0.139. The first kappa shape index (κ1) is 33.2. The van der Waals surface area contributed by atoms with Gasteiger partial charge < -0.3 is 9.13 Å². The van der Waals surface area contributed by atoms with Crippen molar-refractivity contribution in [2.24, 2.45) is 0 Å². The van der Waals surface area contributed by atoms with Crippen molar-refractivity contribution in [3.63, 3.8) is 0 Å². The van der Waals surface area contributed by atoms with Gasteiger partial charge in [0.1, 0.15) is 0 Å². The lowest BCUT2D eigenvalue weighted by atomic mass is 9.98. The number of allylic oxidation sites excluding steroid dienone is 4. The molecule has 0 spiro atoms.